The molecule has 0 saturated carbocycles. The van der Waals surface area contributed by atoms with Crippen molar-refractivity contribution in [2.45, 2.75) is 25.7 Å². The molecule has 7 heteroatoms. The van der Waals surface area contributed by atoms with E-state index in [-0.39, 0.29) is 5.91 Å². The summed E-state index contributed by atoms with van der Waals surface area (Å²) in [6.07, 6.45) is 7.29. The molecule has 0 aliphatic carbocycles. The molecule has 1 N–H and O–H groups in total. The molecule has 1 saturated heterocycles. The summed E-state index contributed by atoms with van der Waals surface area (Å²) in [6.45, 7) is 5.90. The molecule has 32 heavy (non-hydrogen) atoms. The number of benzene rings is 1. The lowest BCUT2D eigenvalue weighted by Crippen LogP contribution is -2.46. The molecule has 4 heterocycles. The van der Waals surface area contributed by atoms with Crippen molar-refractivity contribution in [2.24, 2.45) is 0 Å². The molecule has 0 unspecified atom stereocenters. The van der Waals surface area contributed by atoms with Crippen LogP contribution in [0.15, 0.2) is 48.8 Å². The monoisotopic (exact) mass is 431 g/mol. The summed E-state index contributed by atoms with van der Waals surface area (Å²) < 4.78 is 5.82. The van der Waals surface area contributed by atoms with Gasteiger partial charge in [0, 0.05) is 55.6 Å². The number of carbonyl (C=O) groups excluding carboxylic acids is 1. The van der Waals surface area contributed by atoms with Crippen LogP contribution in [-0.4, -0.2) is 60.1 Å². The molecule has 3 aromatic rings. The van der Waals surface area contributed by atoms with E-state index in [9.17, 15) is 4.79 Å². The van der Waals surface area contributed by atoms with Crippen LogP contribution in [0.2, 0.25) is 0 Å². The molecule has 2 aliphatic heterocycles. The standard InChI is InChI=1S/C25H29N5O2/c31-23-9-7-19-8-10-24(28-25(19)27-23)32-16-4-3-11-29-12-14-30(15-13-29)22-18-26-17-20-5-1-2-6-21(20)22/h1-2,5-6,8,10,17-18H,3-4,7,9,11-16H2,(H,27,28,31). The Labute approximate surface area is 188 Å². The largest absolute Gasteiger partial charge is 0.478 e. The van der Waals surface area contributed by atoms with Gasteiger partial charge < -0.3 is 15.0 Å². The minimum absolute atomic E-state index is 0.0268. The maximum atomic E-state index is 11.5. The number of hydrogen-bond donors (Lipinski definition) is 1. The third-order valence-corrected chi connectivity index (χ3v) is 6.31. The van der Waals surface area contributed by atoms with E-state index in [1.165, 1.54) is 16.5 Å². The summed E-state index contributed by atoms with van der Waals surface area (Å²) in [5.74, 6) is 1.26. The number of aryl methyl sites for hydroxylation is 1. The zero-order valence-electron chi connectivity index (χ0n) is 18.3. The van der Waals surface area contributed by atoms with Gasteiger partial charge in [-0.1, -0.05) is 24.3 Å². The third-order valence-electron chi connectivity index (χ3n) is 6.31. The van der Waals surface area contributed by atoms with Crippen molar-refractivity contribution in [2.75, 3.05) is 49.5 Å². The second-order valence-electron chi connectivity index (χ2n) is 8.47. The zero-order chi connectivity index (χ0) is 21.8. The van der Waals surface area contributed by atoms with Crippen molar-refractivity contribution >= 4 is 28.2 Å². The van der Waals surface area contributed by atoms with Gasteiger partial charge in [-0.05, 0) is 37.4 Å². The number of unbranched alkanes of at least 4 members (excludes halogenated alkanes) is 1. The van der Waals surface area contributed by atoms with Crippen molar-refractivity contribution in [3.63, 3.8) is 0 Å². The topological polar surface area (TPSA) is 70.6 Å². The molecule has 0 bridgehead atoms. The Morgan fingerprint density at radius 3 is 2.75 bits per heavy atom. The second-order valence-corrected chi connectivity index (χ2v) is 8.47. The van der Waals surface area contributed by atoms with Gasteiger partial charge in [0.05, 0.1) is 18.5 Å². The van der Waals surface area contributed by atoms with Crippen LogP contribution in [0.25, 0.3) is 10.8 Å². The number of hydrogen-bond acceptors (Lipinski definition) is 6. The predicted octanol–water partition coefficient (Wildman–Crippen LogP) is 3.50. The van der Waals surface area contributed by atoms with E-state index < -0.39 is 0 Å². The number of aromatic nitrogens is 2. The number of fused-ring (bicyclic) bond motifs is 2. The highest BCUT2D eigenvalue weighted by molar-refractivity contribution is 5.93. The Bertz CT molecular complexity index is 1090. The highest BCUT2D eigenvalue weighted by Crippen LogP contribution is 2.26. The van der Waals surface area contributed by atoms with Crippen LogP contribution in [0, 0.1) is 0 Å². The number of anilines is 2. The Balaban J connectivity index is 1.04. The summed E-state index contributed by atoms with van der Waals surface area (Å²) >= 11 is 0. The first-order valence-corrected chi connectivity index (χ1v) is 11.5. The highest BCUT2D eigenvalue weighted by atomic mass is 16.5. The van der Waals surface area contributed by atoms with Crippen LogP contribution < -0.4 is 15.0 Å². The van der Waals surface area contributed by atoms with Crippen molar-refractivity contribution in [1.29, 1.82) is 0 Å². The smallest absolute Gasteiger partial charge is 0.225 e. The predicted molar refractivity (Wildman–Crippen MR) is 126 cm³/mol. The van der Waals surface area contributed by atoms with Gasteiger partial charge in [-0.15, -0.1) is 0 Å². The molecular weight excluding hydrogens is 402 g/mol. The quantitative estimate of drug-likeness (QED) is 0.578. The van der Waals surface area contributed by atoms with Gasteiger partial charge in [0.1, 0.15) is 5.82 Å². The number of pyridine rings is 2. The van der Waals surface area contributed by atoms with Crippen LogP contribution in [0.3, 0.4) is 0 Å². The number of amides is 1. The van der Waals surface area contributed by atoms with Gasteiger partial charge in [0.15, 0.2) is 0 Å². The lowest BCUT2D eigenvalue weighted by Gasteiger charge is -2.36. The first-order chi connectivity index (χ1) is 15.8. The summed E-state index contributed by atoms with van der Waals surface area (Å²) in [5.41, 5.74) is 2.32. The van der Waals surface area contributed by atoms with E-state index in [1.807, 2.05) is 24.5 Å². The third kappa shape index (κ3) is 4.67. The Kier molecular flexibility index (Phi) is 6.16. The van der Waals surface area contributed by atoms with Crippen LogP contribution in [0.4, 0.5) is 11.5 Å². The van der Waals surface area contributed by atoms with Crippen LogP contribution in [-0.2, 0) is 11.2 Å². The van der Waals surface area contributed by atoms with Crippen molar-refractivity contribution in [1.82, 2.24) is 14.9 Å². The van der Waals surface area contributed by atoms with Crippen molar-refractivity contribution in [3.8, 4) is 5.88 Å². The molecule has 2 aromatic heterocycles. The maximum absolute atomic E-state index is 11.5. The molecule has 7 nitrogen and oxygen atoms in total. The molecule has 166 valence electrons. The molecule has 0 spiro atoms. The van der Waals surface area contributed by atoms with Gasteiger partial charge in [-0.25, -0.2) is 0 Å². The summed E-state index contributed by atoms with van der Waals surface area (Å²) in [6, 6.07) is 12.4. The number of rotatable bonds is 7. The molecule has 1 amide bonds. The summed E-state index contributed by atoms with van der Waals surface area (Å²) in [5, 5.41) is 5.30. The maximum Gasteiger partial charge on any atom is 0.225 e. The second kappa shape index (κ2) is 9.53. The van der Waals surface area contributed by atoms with E-state index in [0.717, 1.165) is 57.5 Å². The fourth-order valence-corrected chi connectivity index (χ4v) is 4.48. The summed E-state index contributed by atoms with van der Waals surface area (Å²) in [4.78, 5) is 25.4. The van der Waals surface area contributed by atoms with E-state index >= 15 is 0 Å². The van der Waals surface area contributed by atoms with E-state index in [4.69, 9.17) is 4.74 Å². The molecule has 1 fully saturated rings. The average Bonchev–Trinajstić information content (AvgIpc) is 2.83. The first-order valence-electron chi connectivity index (χ1n) is 11.5. The minimum atomic E-state index is 0.0268. The molecule has 1 aromatic carbocycles. The fourth-order valence-electron chi connectivity index (χ4n) is 4.48. The number of nitrogens with one attached hydrogen (secondary N) is 1. The SMILES string of the molecule is O=C1CCc2ccc(OCCCCN3CCN(c4cncc5ccccc45)CC3)nc2N1. The highest BCUT2D eigenvalue weighted by Gasteiger charge is 2.19. The van der Waals surface area contributed by atoms with Gasteiger partial charge in [-0.2, -0.15) is 4.98 Å². The van der Waals surface area contributed by atoms with Crippen LogP contribution in [0.5, 0.6) is 5.88 Å². The zero-order valence-corrected chi connectivity index (χ0v) is 18.3. The van der Waals surface area contributed by atoms with E-state index in [1.54, 1.807) is 0 Å². The number of ether oxygens (including phenoxy) is 1. The lowest BCUT2D eigenvalue weighted by atomic mass is 10.1. The van der Waals surface area contributed by atoms with Gasteiger partial charge in [-0.3, -0.25) is 14.7 Å². The van der Waals surface area contributed by atoms with Crippen molar-refractivity contribution in [3.05, 3.63) is 54.4 Å². The normalized spacial score (nSPS) is 16.6. The Morgan fingerprint density at radius 1 is 0.969 bits per heavy atom. The van der Waals surface area contributed by atoms with Crippen LogP contribution >= 0.6 is 0 Å². The Morgan fingerprint density at radius 2 is 1.84 bits per heavy atom. The summed E-state index contributed by atoms with van der Waals surface area (Å²) in [7, 11) is 0. The number of carbonyl (C=O) groups is 1. The molecule has 0 radical (unpaired) electrons. The van der Waals surface area contributed by atoms with E-state index in [2.05, 4.69) is 49.4 Å². The average molecular weight is 432 g/mol. The minimum Gasteiger partial charge on any atom is -0.478 e. The Hall–Kier alpha value is -3.19. The first kappa shape index (κ1) is 20.7. The molecule has 0 atom stereocenters. The number of piperazine rings is 1. The van der Waals surface area contributed by atoms with Crippen LogP contribution in [0.1, 0.15) is 24.8 Å². The van der Waals surface area contributed by atoms with Gasteiger partial charge in [0.2, 0.25) is 11.8 Å². The van der Waals surface area contributed by atoms with Gasteiger partial charge in [0.25, 0.3) is 0 Å². The van der Waals surface area contributed by atoms with Crippen molar-refractivity contribution < 1.29 is 9.53 Å². The molecular formula is C25H29N5O2. The van der Waals surface area contributed by atoms with Gasteiger partial charge >= 0.3 is 0 Å². The molecule has 2 aliphatic rings. The number of nitrogens with zero attached hydrogens (tertiary/aromatic N) is 4. The lowest BCUT2D eigenvalue weighted by molar-refractivity contribution is -0.116. The fraction of sp³-hybridized carbons (Fsp3) is 0.400. The molecule has 5 rings (SSSR count). The van der Waals surface area contributed by atoms with E-state index in [0.29, 0.717) is 24.7 Å².